The molecule has 0 saturated carbocycles. The summed E-state index contributed by atoms with van der Waals surface area (Å²) in [7, 11) is -2.05. The third-order valence-electron chi connectivity index (χ3n) is 3.80. The minimum Gasteiger partial charge on any atom is -0.481 e. The van der Waals surface area contributed by atoms with Gasteiger partial charge in [0.1, 0.15) is 12.1 Å². The lowest BCUT2D eigenvalue weighted by atomic mass is 9.96. The SMILES string of the molecule is COc1cc2ncnc(N3CC(CCNS(N)(=O)=O)C3)c2cn1. The van der Waals surface area contributed by atoms with Crippen molar-refractivity contribution < 1.29 is 13.2 Å². The first-order chi connectivity index (χ1) is 11.0. The Labute approximate surface area is 134 Å². The van der Waals surface area contributed by atoms with Crippen LogP contribution in [-0.4, -0.2) is 50.1 Å². The summed E-state index contributed by atoms with van der Waals surface area (Å²) in [5, 5.41) is 5.77. The molecular weight excluding hydrogens is 320 g/mol. The van der Waals surface area contributed by atoms with Crippen LogP contribution in [0.3, 0.4) is 0 Å². The molecule has 1 saturated heterocycles. The topological polar surface area (TPSA) is 123 Å². The van der Waals surface area contributed by atoms with Crippen molar-refractivity contribution in [1.29, 1.82) is 0 Å². The van der Waals surface area contributed by atoms with Crippen LogP contribution >= 0.6 is 0 Å². The Morgan fingerprint density at radius 3 is 2.87 bits per heavy atom. The first-order valence-electron chi connectivity index (χ1n) is 7.13. The van der Waals surface area contributed by atoms with Crippen molar-refractivity contribution in [2.45, 2.75) is 6.42 Å². The molecule has 1 aliphatic heterocycles. The monoisotopic (exact) mass is 338 g/mol. The lowest BCUT2D eigenvalue weighted by molar-refractivity contribution is 0.382. The molecule has 0 bridgehead atoms. The van der Waals surface area contributed by atoms with Gasteiger partial charge in [0.05, 0.1) is 18.0 Å². The largest absolute Gasteiger partial charge is 0.481 e. The Morgan fingerprint density at radius 1 is 1.39 bits per heavy atom. The first-order valence-corrected chi connectivity index (χ1v) is 8.68. The molecule has 0 aliphatic carbocycles. The van der Waals surface area contributed by atoms with Gasteiger partial charge in [-0.25, -0.2) is 24.8 Å². The van der Waals surface area contributed by atoms with Gasteiger partial charge in [-0.3, -0.25) is 0 Å². The lowest BCUT2D eigenvalue weighted by Gasteiger charge is -2.40. The van der Waals surface area contributed by atoms with E-state index in [1.54, 1.807) is 19.4 Å². The third kappa shape index (κ3) is 3.66. The highest BCUT2D eigenvalue weighted by molar-refractivity contribution is 7.87. The van der Waals surface area contributed by atoms with E-state index in [2.05, 4.69) is 24.6 Å². The average molecular weight is 338 g/mol. The number of methoxy groups -OCH3 is 1. The number of nitrogens with one attached hydrogen (secondary N) is 1. The van der Waals surface area contributed by atoms with Crippen LogP contribution in [0.2, 0.25) is 0 Å². The maximum Gasteiger partial charge on any atom is 0.274 e. The van der Waals surface area contributed by atoms with E-state index >= 15 is 0 Å². The van der Waals surface area contributed by atoms with Crippen molar-refractivity contribution in [1.82, 2.24) is 19.7 Å². The molecule has 2 aromatic heterocycles. The van der Waals surface area contributed by atoms with E-state index in [9.17, 15) is 8.42 Å². The Kier molecular flexibility index (Phi) is 4.28. The smallest absolute Gasteiger partial charge is 0.274 e. The fraction of sp³-hybridized carbons (Fsp3) is 0.462. The summed E-state index contributed by atoms with van der Waals surface area (Å²) in [5.41, 5.74) is 0.779. The van der Waals surface area contributed by atoms with Gasteiger partial charge in [0.2, 0.25) is 5.88 Å². The number of hydrogen-bond donors (Lipinski definition) is 2. The second-order valence-corrected chi connectivity index (χ2v) is 6.82. The van der Waals surface area contributed by atoms with Gasteiger partial charge in [-0.15, -0.1) is 0 Å². The maximum absolute atomic E-state index is 10.8. The minimum absolute atomic E-state index is 0.348. The zero-order valence-electron chi connectivity index (χ0n) is 12.6. The third-order valence-corrected chi connectivity index (χ3v) is 4.40. The number of hydrogen-bond acceptors (Lipinski definition) is 7. The van der Waals surface area contributed by atoms with E-state index in [1.165, 1.54) is 6.33 Å². The predicted octanol–water partition coefficient (Wildman–Crippen LogP) is -0.347. The molecule has 1 fully saturated rings. The molecule has 10 heteroatoms. The van der Waals surface area contributed by atoms with Crippen molar-refractivity contribution in [3.63, 3.8) is 0 Å². The standard InChI is InChI=1S/C13H18N6O3S/c1-22-12-4-11-10(5-15-12)13(17-8-16-11)19-6-9(7-19)2-3-18-23(14,20)21/h4-5,8-9,18H,2-3,6-7H2,1H3,(H2,14,20,21). The summed E-state index contributed by atoms with van der Waals surface area (Å²) in [4.78, 5) is 14.9. The summed E-state index contributed by atoms with van der Waals surface area (Å²) in [6, 6.07) is 1.77. The number of anilines is 1. The highest BCUT2D eigenvalue weighted by Crippen LogP contribution is 2.30. The van der Waals surface area contributed by atoms with Gasteiger partial charge in [0.25, 0.3) is 10.2 Å². The number of fused-ring (bicyclic) bond motifs is 1. The molecule has 124 valence electrons. The van der Waals surface area contributed by atoms with Crippen LogP contribution in [0.1, 0.15) is 6.42 Å². The van der Waals surface area contributed by atoms with Crippen molar-refractivity contribution in [2.24, 2.45) is 11.1 Å². The summed E-state index contributed by atoms with van der Waals surface area (Å²) < 4.78 is 29.1. The molecule has 2 aromatic rings. The first kappa shape index (κ1) is 15.8. The van der Waals surface area contributed by atoms with Crippen LogP contribution in [0.4, 0.5) is 5.82 Å². The van der Waals surface area contributed by atoms with E-state index in [4.69, 9.17) is 9.88 Å². The van der Waals surface area contributed by atoms with E-state index in [0.717, 1.165) is 36.2 Å². The molecule has 0 aromatic carbocycles. The highest BCUT2D eigenvalue weighted by atomic mass is 32.2. The summed E-state index contributed by atoms with van der Waals surface area (Å²) in [5.74, 6) is 1.75. The fourth-order valence-electron chi connectivity index (χ4n) is 2.61. The van der Waals surface area contributed by atoms with Crippen LogP contribution in [-0.2, 0) is 10.2 Å². The van der Waals surface area contributed by atoms with Crippen LogP contribution in [0.25, 0.3) is 10.9 Å². The Bertz CT molecular complexity index is 806. The normalized spacial score (nSPS) is 15.7. The molecule has 3 rings (SSSR count). The van der Waals surface area contributed by atoms with Crippen LogP contribution in [0, 0.1) is 5.92 Å². The lowest BCUT2D eigenvalue weighted by Crippen LogP contribution is -2.48. The van der Waals surface area contributed by atoms with Crippen molar-refractivity contribution in [2.75, 3.05) is 31.6 Å². The van der Waals surface area contributed by atoms with Gasteiger partial charge in [-0.05, 0) is 12.3 Å². The Morgan fingerprint density at radius 2 is 2.17 bits per heavy atom. The number of rotatable bonds is 6. The van der Waals surface area contributed by atoms with Gasteiger partial charge < -0.3 is 9.64 Å². The fourth-order valence-corrected chi connectivity index (χ4v) is 3.02. The molecule has 0 atom stereocenters. The van der Waals surface area contributed by atoms with Crippen molar-refractivity contribution in [3.8, 4) is 5.88 Å². The number of aromatic nitrogens is 3. The van der Waals surface area contributed by atoms with Crippen LogP contribution in [0.5, 0.6) is 5.88 Å². The summed E-state index contributed by atoms with van der Waals surface area (Å²) >= 11 is 0. The van der Waals surface area contributed by atoms with Crippen molar-refractivity contribution in [3.05, 3.63) is 18.6 Å². The average Bonchev–Trinajstić information content (AvgIpc) is 2.47. The maximum atomic E-state index is 10.8. The van der Waals surface area contributed by atoms with Gasteiger partial charge >= 0.3 is 0 Å². The minimum atomic E-state index is -3.61. The molecule has 9 nitrogen and oxygen atoms in total. The highest BCUT2D eigenvalue weighted by Gasteiger charge is 2.28. The number of ether oxygens (including phenoxy) is 1. The van der Waals surface area contributed by atoms with Gasteiger partial charge in [0.15, 0.2) is 0 Å². The summed E-state index contributed by atoms with van der Waals surface area (Å²) in [6.45, 7) is 1.97. The predicted molar refractivity (Wildman–Crippen MR) is 85.3 cm³/mol. The van der Waals surface area contributed by atoms with Gasteiger partial charge in [-0.1, -0.05) is 0 Å². The number of nitrogens with two attached hydrogens (primary N) is 1. The second-order valence-electron chi connectivity index (χ2n) is 5.44. The van der Waals surface area contributed by atoms with Gasteiger partial charge in [0, 0.05) is 31.9 Å². The molecule has 0 unspecified atom stereocenters. The van der Waals surface area contributed by atoms with E-state index in [0.29, 0.717) is 18.3 Å². The van der Waals surface area contributed by atoms with Crippen molar-refractivity contribution >= 4 is 26.9 Å². The Hall–Kier alpha value is -2.04. The number of pyridine rings is 1. The molecule has 0 spiro atoms. The van der Waals surface area contributed by atoms with Gasteiger partial charge in [-0.2, -0.15) is 8.42 Å². The Balaban J connectivity index is 1.64. The zero-order valence-corrected chi connectivity index (χ0v) is 13.5. The number of nitrogens with zero attached hydrogens (tertiary/aromatic N) is 4. The molecular formula is C13H18N6O3S. The zero-order chi connectivity index (χ0) is 16.4. The molecule has 1 aliphatic rings. The molecule has 3 N–H and O–H groups in total. The second kappa shape index (κ2) is 6.22. The van der Waals surface area contributed by atoms with Crippen LogP contribution < -0.4 is 19.5 Å². The van der Waals surface area contributed by atoms with E-state index in [-0.39, 0.29) is 0 Å². The molecule has 0 amide bonds. The molecule has 0 radical (unpaired) electrons. The van der Waals surface area contributed by atoms with E-state index < -0.39 is 10.2 Å². The van der Waals surface area contributed by atoms with Crippen LogP contribution in [0.15, 0.2) is 18.6 Å². The molecule has 23 heavy (non-hydrogen) atoms. The quantitative estimate of drug-likeness (QED) is 0.738. The summed E-state index contributed by atoms with van der Waals surface area (Å²) in [6.07, 6.45) is 3.97. The van der Waals surface area contributed by atoms with E-state index in [1.807, 2.05) is 0 Å². The molecule has 3 heterocycles.